The van der Waals surface area contributed by atoms with Crippen molar-refractivity contribution in [2.75, 3.05) is 26.1 Å². The number of nitrogens with zero attached hydrogens (tertiary/aromatic N) is 3. The molecule has 158 valence electrons. The zero-order valence-electron chi connectivity index (χ0n) is 17.0. The molecule has 0 aliphatic heterocycles. The predicted octanol–water partition coefficient (Wildman–Crippen LogP) is 3.12. The Morgan fingerprint density at radius 3 is 2.73 bits per heavy atom. The van der Waals surface area contributed by atoms with E-state index in [2.05, 4.69) is 4.98 Å². The van der Waals surface area contributed by atoms with Crippen LogP contribution in [0.2, 0.25) is 0 Å². The summed E-state index contributed by atoms with van der Waals surface area (Å²) in [6.07, 6.45) is -0.749. The van der Waals surface area contributed by atoms with Gasteiger partial charge in [-0.3, -0.25) is 9.36 Å². The lowest BCUT2D eigenvalue weighted by Crippen LogP contribution is -2.26. The highest BCUT2D eigenvalue weighted by Gasteiger charge is 2.18. The summed E-state index contributed by atoms with van der Waals surface area (Å²) in [4.78, 5) is 19.5. The molecule has 1 N–H and O–H groups in total. The standard InChI is InChI=1S/C21H23N3O4S2/c1-13-14(2)30-19-18(13)20(26)24(8-9-27-3)21(23-19)29-12-16(25)11-28-17-6-4-15(10-22)5-7-17/h4-7,16,25H,8-9,11-12H2,1-3H3. The molecule has 1 aromatic carbocycles. The average Bonchev–Trinajstić information content (AvgIpc) is 3.04. The molecule has 0 fully saturated rings. The topological polar surface area (TPSA) is 97.4 Å². The summed E-state index contributed by atoms with van der Waals surface area (Å²) in [5.41, 5.74) is 1.43. The largest absolute Gasteiger partial charge is 0.491 e. The van der Waals surface area contributed by atoms with E-state index in [1.165, 1.54) is 23.1 Å². The smallest absolute Gasteiger partial charge is 0.263 e. The number of ether oxygens (including phenoxy) is 2. The Morgan fingerprint density at radius 1 is 1.33 bits per heavy atom. The van der Waals surface area contributed by atoms with Crippen molar-refractivity contribution in [2.24, 2.45) is 0 Å². The fourth-order valence-corrected chi connectivity index (χ4v) is 4.84. The molecule has 0 amide bonds. The van der Waals surface area contributed by atoms with E-state index in [0.717, 1.165) is 15.3 Å². The van der Waals surface area contributed by atoms with Crippen LogP contribution in [0.1, 0.15) is 16.0 Å². The minimum atomic E-state index is -0.749. The number of fused-ring (bicyclic) bond motifs is 1. The number of hydrogen-bond acceptors (Lipinski definition) is 8. The summed E-state index contributed by atoms with van der Waals surface area (Å²) < 4.78 is 12.3. The van der Waals surface area contributed by atoms with E-state index in [-0.39, 0.29) is 12.2 Å². The summed E-state index contributed by atoms with van der Waals surface area (Å²) in [6.45, 7) is 4.81. The van der Waals surface area contributed by atoms with Gasteiger partial charge < -0.3 is 14.6 Å². The fourth-order valence-electron chi connectivity index (χ4n) is 2.84. The van der Waals surface area contributed by atoms with E-state index in [9.17, 15) is 9.90 Å². The number of thiophene rings is 1. The minimum Gasteiger partial charge on any atom is -0.491 e. The Kier molecular flexibility index (Phi) is 7.50. The molecule has 1 unspecified atom stereocenters. The molecule has 3 rings (SSSR count). The van der Waals surface area contributed by atoms with Gasteiger partial charge in [0.05, 0.1) is 36.3 Å². The van der Waals surface area contributed by atoms with Gasteiger partial charge >= 0.3 is 0 Å². The first-order valence-electron chi connectivity index (χ1n) is 9.38. The van der Waals surface area contributed by atoms with Crippen LogP contribution in [0.25, 0.3) is 10.2 Å². The number of aromatic nitrogens is 2. The SMILES string of the molecule is COCCn1c(SCC(O)COc2ccc(C#N)cc2)nc2sc(C)c(C)c2c1=O. The Morgan fingerprint density at radius 2 is 2.07 bits per heavy atom. The normalized spacial score (nSPS) is 12.1. The molecule has 0 aliphatic rings. The van der Waals surface area contributed by atoms with Gasteiger partial charge in [-0.25, -0.2) is 4.98 Å². The van der Waals surface area contributed by atoms with E-state index >= 15 is 0 Å². The Labute approximate surface area is 182 Å². The maximum absolute atomic E-state index is 13.0. The summed E-state index contributed by atoms with van der Waals surface area (Å²) in [5, 5.41) is 20.4. The van der Waals surface area contributed by atoms with Gasteiger partial charge in [-0.05, 0) is 43.7 Å². The number of thioether (sulfide) groups is 1. The lowest BCUT2D eigenvalue weighted by molar-refractivity contribution is 0.126. The van der Waals surface area contributed by atoms with Crippen molar-refractivity contribution in [3.63, 3.8) is 0 Å². The zero-order chi connectivity index (χ0) is 21.7. The molecule has 7 nitrogen and oxygen atoms in total. The summed E-state index contributed by atoms with van der Waals surface area (Å²) in [5.74, 6) is 0.906. The second-order valence-corrected chi connectivity index (χ2v) is 8.91. The third-order valence-corrected chi connectivity index (χ3v) is 6.83. The van der Waals surface area contributed by atoms with Crippen LogP contribution in [0.5, 0.6) is 5.75 Å². The fraction of sp³-hybridized carbons (Fsp3) is 0.381. The predicted molar refractivity (Wildman–Crippen MR) is 119 cm³/mol. The van der Waals surface area contributed by atoms with Gasteiger partial charge in [0.25, 0.3) is 5.56 Å². The first kappa shape index (κ1) is 22.3. The third kappa shape index (κ3) is 5.02. The van der Waals surface area contributed by atoms with E-state index in [0.29, 0.717) is 40.8 Å². The van der Waals surface area contributed by atoms with Crippen LogP contribution in [-0.2, 0) is 11.3 Å². The molecule has 0 spiro atoms. The molecule has 0 saturated carbocycles. The van der Waals surface area contributed by atoms with Gasteiger partial charge in [-0.15, -0.1) is 11.3 Å². The number of nitriles is 1. The van der Waals surface area contributed by atoms with E-state index in [1.807, 2.05) is 19.9 Å². The first-order chi connectivity index (χ1) is 14.4. The van der Waals surface area contributed by atoms with Gasteiger partial charge in [-0.2, -0.15) is 5.26 Å². The van der Waals surface area contributed by atoms with Crippen molar-refractivity contribution in [3.8, 4) is 11.8 Å². The van der Waals surface area contributed by atoms with Crippen LogP contribution in [0, 0.1) is 25.2 Å². The van der Waals surface area contributed by atoms with Gasteiger partial charge in [0, 0.05) is 17.7 Å². The summed E-state index contributed by atoms with van der Waals surface area (Å²) >= 11 is 2.83. The van der Waals surface area contributed by atoms with Crippen molar-refractivity contribution in [1.29, 1.82) is 5.26 Å². The quantitative estimate of drug-likeness (QED) is 0.399. The van der Waals surface area contributed by atoms with Crippen molar-refractivity contribution in [2.45, 2.75) is 31.7 Å². The zero-order valence-corrected chi connectivity index (χ0v) is 18.7. The number of aryl methyl sites for hydroxylation is 2. The van der Waals surface area contributed by atoms with Crippen LogP contribution in [0.15, 0.2) is 34.2 Å². The molecular formula is C21H23N3O4S2. The molecule has 9 heteroatoms. The summed E-state index contributed by atoms with van der Waals surface area (Å²) in [6, 6.07) is 8.76. The molecule has 0 aliphatic carbocycles. The van der Waals surface area contributed by atoms with Gasteiger partial charge in [-0.1, -0.05) is 11.8 Å². The molecule has 30 heavy (non-hydrogen) atoms. The molecule has 3 aromatic rings. The highest BCUT2D eigenvalue weighted by atomic mass is 32.2. The van der Waals surface area contributed by atoms with Crippen LogP contribution >= 0.6 is 23.1 Å². The van der Waals surface area contributed by atoms with Gasteiger partial charge in [0.1, 0.15) is 17.2 Å². The molecular weight excluding hydrogens is 422 g/mol. The maximum atomic E-state index is 13.0. The molecule has 0 radical (unpaired) electrons. The van der Waals surface area contributed by atoms with Crippen molar-refractivity contribution >= 4 is 33.3 Å². The van der Waals surface area contributed by atoms with E-state index in [1.54, 1.807) is 35.9 Å². The number of aliphatic hydroxyl groups is 1. The van der Waals surface area contributed by atoms with E-state index < -0.39 is 6.10 Å². The second-order valence-electron chi connectivity index (χ2n) is 6.72. The highest BCUT2D eigenvalue weighted by molar-refractivity contribution is 7.99. The Bertz CT molecular complexity index is 1120. The molecule has 0 saturated heterocycles. The Balaban J connectivity index is 1.72. The van der Waals surface area contributed by atoms with Crippen LogP contribution in [-0.4, -0.2) is 46.8 Å². The van der Waals surface area contributed by atoms with Crippen molar-refractivity contribution in [1.82, 2.24) is 9.55 Å². The lowest BCUT2D eigenvalue weighted by Gasteiger charge is -2.15. The monoisotopic (exact) mass is 445 g/mol. The minimum absolute atomic E-state index is 0.0790. The number of hydrogen-bond donors (Lipinski definition) is 1. The first-order valence-corrected chi connectivity index (χ1v) is 11.2. The number of methoxy groups -OCH3 is 1. The van der Waals surface area contributed by atoms with Crippen molar-refractivity contribution < 1.29 is 14.6 Å². The second kappa shape index (κ2) is 10.1. The average molecular weight is 446 g/mol. The molecule has 2 heterocycles. The van der Waals surface area contributed by atoms with Crippen LogP contribution < -0.4 is 10.3 Å². The molecule has 2 aromatic heterocycles. The maximum Gasteiger partial charge on any atom is 0.263 e. The van der Waals surface area contributed by atoms with E-state index in [4.69, 9.17) is 14.7 Å². The van der Waals surface area contributed by atoms with Gasteiger partial charge in [0.15, 0.2) is 5.16 Å². The number of rotatable bonds is 9. The number of benzene rings is 1. The third-order valence-electron chi connectivity index (χ3n) is 4.60. The molecule has 0 bridgehead atoms. The highest BCUT2D eigenvalue weighted by Crippen LogP contribution is 2.28. The number of aliphatic hydroxyl groups excluding tert-OH is 1. The lowest BCUT2D eigenvalue weighted by atomic mass is 10.2. The van der Waals surface area contributed by atoms with Crippen LogP contribution in [0.4, 0.5) is 0 Å². The molecule has 1 atom stereocenters. The summed E-state index contributed by atoms with van der Waals surface area (Å²) in [7, 11) is 1.59. The Hall–Kier alpha value is -2.38. The van der Waals surface area contributed by atoms with Crippen LogP contribution in [0.3, 0.4) is 0 Å². The van der Waals surface area contributed by atoms with Crippen molar-refractivity contribution in [3.05, 3.63) is 50.6 Å². The van der Waals surface area contributed by atoms with Gasteiger partial charge in [0.2, 0.25) is 0 Å².